The number of halogens is 2. The average Bonchev–Trinajstić information content (AvgIpc) is 2.51. The highest BCUT2D eigenvalue weighted by atomic mass is 79.9. The monoisotopic (exact) mass is 353 g/mol. The largest absolute Gasteiger partial charge is 0.497 e. The summed E-state index contributed by atoms with van der Waals surface area (Å²) in [6, 6.07) is 10.1. The van der Waals surface area contributed by atoms with E-state index >= 15 is 0 Å². The summed E-state index contributed by atoms with van der Waals surface area (Å²) < 4.78 is 24.5. The molecule has 0 spiro atoms. The fraction of sp³-hybridized carbons (Fsp3) is 0.250. The molecule has 0 bridgehead atoms. The summed E-state index contributed by atoms with van der Waals surface area (Å²) in [6.45, 7) is 0. The van der Waals surface area contributed by atoms with Crippen molar-refractivity contribution in [1.29, 1.82) is 0 Å². The van der Waals surface area contributed by atoms with Crippen LogP contribution in [0.15, 0.2) is 40.9 Å². The molecule has 0 aliphatic rings. The van der Waals surface area contributed by atoms with Gasteiger partial charge in [0.2, 0.25) is 0 Å². The van der Waals surface area contributed by atoms with Gasteiger partial charge in [0, 0.05) is 17.7 Å². The zero-order chi connectivity index (χ0) is 15.4. The van der Waals surface area contributed by atoms with Gasteiger partial charge in [-0.3, -0.25) is 0 Å². The van der Waals surface area contributed by atoms with Crippen LogP contribution in [0, 0.1) is 5.82 Å². The van der Waals surface area contributed by atoms with Gasteiger partial charge >= 0.3 is 0 Å². The quantitative estimate of drug-likeness (QED) is 0.887. The topological polar surface area (TPSA) is 44.5 Å². The van der Waals surface area contributed by atoms with Crippen molar-refractivity contribution in [3.05, 3.63) is 57.8 Å². The van der Waals surface area contributed by atoms with Crippen molar-refractivity contribution in [3.8, 4) is 11.5 Å². The molecule has 0 saturated carbocycles. The number of hydrogen-bond acceptors (Lipinski definition) is 3. The summed E-state index contributed by atoms with van der Waals surface area (Å²) in [5.74, 6) is 1.07. The zero-order valence-electron chi connectivity index (χ0n) is 11.9. The van der Waals surface area contributed by atoms with E-state index in [1.165, 1.54) is 6.07 Å². The molecule has 0 aliphatic carbocycles. The Balaban J connectivity index is 2.28. The summed E-state index contributed by atoms with van der Waals surface area (Å²) in [4.78, 5) is 0. The first-order valence-corrected chi connectivity index (χ1v) is 7.26. The normalized spacial score (nSPS) is 12.0. The smallest absolute Gasteiger partial charge is 0.137 e. The number of ether oxygens (including phenoxy) is 2. The Bertz CT molecular complexity index is 634. The third kappa shape index (κ3) is 3.54. The van der Waals surface area contributed by atoms with Gasteiger partial charge in [-0.1, -0.05) is 18.2 Å². The first-order valence-electron chi connectivity index (χ1n) is 6.47. The molecule has 0 saturated heterocycles. The molecule has 2 aromatic carbocycles. The maximum Gasteiger partial charge on any atom is 0.137 e. The third-order valence-electron chi connectivity index (χ3n) is 3.31. The lowest BCUT2D eigenvalue weighted by atomic mass is 9.98. The lowest BCUT2D eigenvalue weighted by Crippen LogP contribution is -2.15. The van der Waals surface area contributed by atoms with Gasteiger partial charge < -0.3 is 15.2 Å². The molecular formula is C16H17BrFNO2. The van der Waals surface area contributed by atoms with Gasteiger partial charge in [-0.2, -0.15) is 0 Å². The lowest BCUT2D eigenvalue weighted by molar-refractivity contribution is 0.388. The van der Waals surface area contributed by atoms with Crippen LogP contribution in [0.25, 0.3) is 0 Å². The van der Waals surface area contributed by atoms with E-state index in [-0.39, 0.29) is 11.9 Å². The highest BCUT2D eigenvalue weighted by Gasteiger charge is 2.16. The van der Waals surface area contributed by atoms with E-state index in [4.69, 9.17) is 15.2 Å². The standard InChI is InChI=1S/C16H17BrFNO2/c1-20-11-6-7-12(15(9-11)21-2)14(19)8-10-4-3-5-13(18)16(10)17/h3-7,9,14H,8,19H2,1-2H3. The minimum absolute atomic E-state index is 0.290. The van der Waals surface area contributed by atoms with Gasteiger partial charge in [0.05, 0.1) is 18.7 Å². The summed E-state index contributed by atoms with van der Waals surface area (Å²) in [5, 5.41) is 0. The van der Waals surface area contributed by atoms with Crippen LogP contribution in [0.4, 0.5) is 4.39 Å². The van der Waals surface area contributed by atoms with E-state index in [1.807, 2.05) is 18.2 Å². The highest BCUT2D eigenvalue weighted by molar-refractivity contribution is 9.10. The molecule has 0 aliphatic heterocycles. The molecule has 0 amide bonds. The molecule has 2 rings (SSSR count). The van der Waals surface area contributed by atoms with Gasteiger partial charge in [0.1, 0.15) is 17.3 Å². The molecule has 2 N–H and O–H groups in total. The second kappa shape index (κ2) is 6.91. The average molecular weight is 354 g/mol. The first kappa shape index (κ1) is 15.8. The van der Waals surface area contributed by atoms with Crippen LogP contribution >= 0.6 is 15.9 Å². The molecule has 112 valence electrons. The van der Waals surface area contributed by atoms with Crippen LogP contribution in [0.1, 0.15) is 17.2 Å². The Morgan fingerprint density at radius 1 is 1.19 bits per heavy atom. The fourth-order valence-electron chi connectivity index (χ4n) is 2.18. The van der Waals surface area contributed by atoms with Gasteiger partial charge in [0.15, 0.2) is 0 Å². The van der Waals surface area contributed by atoms with E-state index < -0.39 is 0 Å². The van der Waals surface area contributed by atoms with Crippen LogP contribution in [-0.2, 0) is 6.42 Å². The number of benzene rings is 2. The lowest BCUT2D eigenvalue weighted by Gasteiger charge is -2.17. The second-order valence-corrected chi connectivity index (χ2v) is 5.42. The van der Waals surface area contributed by atoms with E-state index in [0.717, 1.165) is 11.1 Å². The predicted molar refractivity (Wildman–Crippen MR) is 84.3 cm³/mol. The third-order valence-corrected chi connectivity index (χ3v) is 4.20. The molecule has 5 heteroatoms. The van der Waals surface area contributed by atoms with E-state index in [9.17, 15) is 4.39 Å². The molecule has 0 fully saturated rings. The van der Waals surface area contributed by atoms with Gasteiger partial charge in [-0.15, -0.1) is 0 Å². The Morgan fingerprint density at radius 3 is 2.62 bits per heavy atom. The van der Waals surface area contributed by atoms with Crippen molar-refractivity contribution >= 4 is 15.9 Å². The van der Waals surface area contributed by atoms with Crippen LogP contribution in [0.5, 0.6) is 11.5 Å². The summed E-state index contributed by atoms with van der Waals surface area (Å²) >= 11 is 3.26. The van der Waals surface area contributed by atoms with Crippen molar-refractivity contribution in [2.24, 2.45) is 5.73 Å². The van der Waals surface area contributed by atoms with Crippen molar-refractivity contribution in [2.75, 3.05) is 14.2 Å². The molecular weight excluding hydrogens is 337 g/mol. The maximum atomic E-state index is 13.5. The number of hydrogen-bond donors (Lipinski definition) is 1. The first-order chi connectivity index (χ1) is 10.1. The SMILES string of the molecule is COc1ccc(C(N)Cc2cccc(F)c2Br)c(OC)c1. The Morgan fingerprint density at radius 2 is 1.95 bits per heavy atom. The van der Waals surface area contributed by atoms with Crippen molar-refractivity contribution in [1.82, 2.24) is 0 Å². The molecule has 21 heavy (non-hydrogen) atoms. The van der Waals surface area contributed by atoms with E-state index in [1.54, 1.807) is 26.4 Å². The minimum Gasteiger partial charge on any atom is -0.497 e. The predicted octanol–water partition coefficient (Wildman–Crippen LogP) is 3.85. The van der Waals surface area contributed by atoms with Crippen molar-refractivity contribution in [3.63, 3.8) is 0 Å². The number of methoxy groups -OCH3 is 2. The zero-order valence-corrected chi connectivity index (χ0v) is 13.5. The molecule has 3 nitrogen and oxygen atoms in total. The van der Waals surface area contributed by atoms with Gasteiger partial charge in [0.25, 0.3) is 0 Å². The van der Waals surface area contributed by atoms with Crippen LogP contribution in [0.2, 0.25) is 0 Å². The summed E-state index contributed by atoms with van der Waals surface area (Å²) in [5.41, 5.74) is 7.93. The molecule has 2 aromatic rings. The molecule has 0 radical (unpaired) electrons. The molecule has 1 unspecified atom stereocenters. The van der Waals surface area contributed by atoms with Crippen molar-refractivity contribution < 1.29 is 13.9 Å². The van der Waals surface area contributed by atoms with E-state index in [2.05, 4.69) is 15.9 Å². The minimum atomic E-state index is -0.302. The highest BCUT2D eigenvalue weighted by Crippen LogP contribution is 2.31. The molecule has 0 aromatic heterocycles. The van der Waals surface area contributed by atoms with Gasteiger partial charge in [-0.05, 0) is 40.0 Å². The molecule has 0 heterocycles. The number of nitrogens with two attached hydrogens (primary N) is 1. The van der Waals surface area contributed by atoms with Gasteiger partial charge in [-0.25, -0.2) is 4.39 Å². The summed E-state index contributed by atoms with van der Waals surface area (Å²) in [7, 11) is 3.18. The van der Waals surface area contributed by atoms with Crippen LogP contribution in [-0.4, -0.2) is 14.2 Å². The Hall–Kier alpha value is -1.59. The molecule has 1 atom stereocenters. The Kier molecular flexibility index (Phi) is 5.20. The number of rotatable bonds is 5. The van der Waals surface area contributed by atoms with E-state index in [0.29, 0.717) is 22.4 Å². The Labute approximate surface area is 132 Å². The van der Waals surface area contributed by atoms with Crippen LogP contribution < -0.4 is 15.2 Å². The summed E-state index contributed by atoms with van der Waals surface area (Å²) in [6.07, 6.45) is 0.501. The van der Waals surface area contributed by atoms with Crippen molar-refractivity contribution in [2.45, 2.75) is 12.5 Å². The maximum absolute atomic E-state index is 13.5. The van der Waals surface area contributed by atoms with Crippen LogP contribution in [0.3, 0.4) is 0 Å². The fourth-order valence-corrected chi connectivity index (χ4v) is 2.60. The second-order valence-electron chi connectivity index (χ2n) is 4.63.